The number of likely N-dealkylation sites (tertiary alicyclic amines) is 1. The van der Waals surface area contributed by atoms with Gasteiger partial charge in [0.2, 0.25) is 0 Å². The number of Topliss-reactive ketones (excluding diaryl/α,β-unsaturated/α-hetero) is 1. The van der Waals surface area contributed by atoms with Crippen molar-refractivity contribution in [3.63, 3.8) is 0 Å². The molecule has 1 fully saturated rings. The molecule has 0 spiro atoms. The molecule has 27 heavy (non-hydrogen) atoms. The van der Waals surface area contributed by atoms with Crippen LogP contribution >= 0.6 is 0 Å². The van der Waals surface area contributed by atoms with E-state index in [0.717, 1.165) is 31.6 Å². The molecule has 0 amide bonds. The molecule has 3 aromatic carbocycles. The first-order chi connectivity index (χ1) is 13.3. The van der Waals surface area contributed by atoms with E-state index in [-0.39, 0.29) is 17.6 Å². The molecule has 0 N–H and O–H groups in total. The maximum atomic E-state index is 13.4. The van der Waals surface area contributed by atoms with Gasteiger partial charge in [-0.05, 0) is 30.0 Å². The number of nitrogens with zero attached hydrogens (tertiary/aromatic N) is 1. The van der Waals surface area contributed by atoms with Crippen LogP contribution in [-0.2, 0) is 6.54 Å². The molecule has 4 rings (SSSR count). The van der Waals surface area contributed by atoms with Crippen LogP contribution in [-0.4, -0.2) is 23.8 Å². The lowest BCUT2D eigenvalue weighted by atomic mass is 9.76. The lowest BCUT2D eigenvalue weighted by molar-refractivity contribution is 0.0769. The standard InChI is InChI=1S/C25H25NO/c27-25(22-14-8-3-9-15-22)24-19-26(18-20-10-4-1-5-11-20)17-16-23(24)21-12-6-2-7-13-21/h1-15,23-24H,16-19H2/t23-,24-/m1/s1. The number of carbonyl (C=O) groups is 1. The Morgan fingerprint density at radius 3 is 2.07 bits per heavy atom. The Kier molecular flexibility index (Phi) is 5.45. The third-order valence-electron chi connectivity index (χ3n) is 5.57. The average Bonchev–Trinajstić information content (AvgIpc) is 2.75. The zero-order chi connectivity index (χ0) is 18.5. The molecule has 2 heteroatoms. The van der Waals surface area contributed by atoms with Crippen LogP contribution in [0.15, 0.2) is 91.0 Å². The maximum absolute atomic E-state index is 13.4. The lowest BCUT2D eigenvalue weighted by Crippen LogP contribution is -2.42. The van der Waals surface area contributed by atoms with Gasteiger partial charge in [-0.2, -0.15) is 0 Å². The highest BCUT2D eigenvalue weighted by Crippen LogP contribution is 2.35. The predicted octanol–water partition coefficient (Wildman–Crippen LogP) is 5.18. The molecule has 0 bridgehead atoms. The van der Waals surface area contributed by atoms with Gasteiger partial charge < -0.3 is 0 Å². The number of hydrogen-bond donors (Lipinski definition) is 0. The zero-order valence-electron chi connectivity index (χ0n) is 15.5. The molecule has 0 aliphatic carbocycles. The van der Waals surface area contributed by atoms with E-state index in [2.05, 4.69) is 53.4 Å². The molecule has 136 valence electrons. The van der Waals surface area contributed by atoms with Crippen LogP contribution in [0.5, 0.6) is 0 Å². The largest absolute Gasteiger partial charge is 0.298 e. The van der Waals surface area contributed by atoms with E-state index < -0.39 is 0 Å². The van der Waals surface area contributed by atoms with Crippen LogP contribution < -0.4 is 0 Å². The molecular weight excluding hydrogens is 330 g/mol. The molecule has 2 nitrogen and oxygen atoms in total. The lowest BCUT2D eigenvalue weighted by Gasteiger charge is -2.38. The minimum absolute atomic E-state index is 0.00716. The molecule has 0 aromatic heterocycles. The van der Waals surface area contributed by atoms with E-state index in [1.165, 1.54) is 11.1 Å². The van der Waals surface area contributed by atoms with Crippen LogP contribution in [0.3, 0.4) is 0 Å². The van der Waals surface area contributed by atoms with Gasteiger partial charge in [0.25, 0.3) is 0 Å². The van der Waals surface area contributed by atoms with Gasteiger partial charge in [-0.1, -0.05) is 91.0 Å². The van der Waals surface area contributed by atoms with Crippen LogP contribution in [0.1, 0.15) is 33.8 Å². The summed E-state index contributed by atoms with van der Waals surface area (Å²) in [5, 5.41) is 0. The zero-order valence-corrected chi connectivity index (χ0v) is 15.5. The fourth-order valence-corrected chi connectivity index (χ4v) is 4.19. The highest BCUT2D eigenvalue weighted by atomic mass is 16.1. The second-order valence-electron chi connectivity index (χ2n) is 7.36. The highest BCUT2D eigenvalue weighted by Gasteiger charge is 2.35. The van der Waals surface area contributed by atoms with Crippen molar-refractivity contribution >= 4 is 5.78 Å². The summed E-state index contributed by atoms with van der Waals surface area (Å²) in [4.78, 5) is 15.8. The van der Waals surface area contributed by atoms with Gasteiger partial charge in [0.15, 0.2) is 5.78 Å². The Morgan fingerprint density at radius 2 is 1.41 bits per heavy atom. The van der Waals surface area contributed by atoms with Crippen molar-refractivity contribution in [1.82, 2.24) is 4.90 Å². The van der Waals surface area contributed by atoms with E-state index in [1.807, 2.05) is 42.5 Å². The van der Waals surface area contributed by atoms with Crippen molar-refractivity contribution in [1.29, 1.82) is 0 Å². The van der Waals surface area contributed by atoms with Crippen LogP contribution in [0.25, 0.3) is 0 Å². The van der Waals surface area contributed by atoms with E-state index in [1.54, 1.807) is 0 Å². The molecule has 0 unspecified atom stereocenters. The number of rotatable bonds is 5. The Bertz CT molecular complexity index is 861. The Hall–Kier alpha value is -2.71. The molecule has 2 atom stereocenters. The van der Waals surface area contributed by atoms with Crippen molar-refractivity contribution in [2.45, 2.75) is 18.9 Å². The Labute approximate surface area is 161 Å². The molecule has 0 radical (unpaired) electrons. The first kappa shape index (κ1) is 17.7. The molecule has 1 aliphatic rings. The highest BCUT2D eigenvalue weighted by molar-refractivity contribution is 5.98. The molecule has 0 saturated carbocycles. The number of ketones is 1. The second-order valence-corrected chi connectivity index (χ2v) is 7.36. The summed E-state index contributed by atoms with van der Waals surface area (Å²) in [6.45, 7) is 2.73. The SMILES string of the molecule is O=C(c1ccccc1)[C@@H]1CN(Cc2ccccc2)CC[C@@H]1c1ccccc1. The van der Waals surface area contributed by atoms with Crippen molar-refractivity contribution < 1.29 is 4.79 Å². The smallest absolute Gasteiger partial charge is 0.167 e. The third-order valence-corrected chi connectivity index (χ3v) is 5.57. The van der Waals surface area contributed by atoms with Gasteiger partial charge in [-0.25, -0.2) is 0 Å². The quantitative estimate of drug-likeness (QED) is 0.588. The maximum Gasteiger partial charge on any atom is 0.167 e. The topological polar surface area (TPSA) is 20.3 Å². The summed E-state index contributed by atoms with van der Waals surface area (Å²) in [5.41, 5.74) is 3.41. The van der Waals surface area contributed by atoms with E-state index >= 15 is 0 Å². The molecule has 3 aromatic rings. The normalized spacial score (nSPS) is 20.3. The third kappa shape index (κ3) is 4.17. The fourth-order valence-electron chi connectivity index (χ4n) is 4.19. The average molecular weight is 355 g/mol. The summed E-state index contributed by atoms with van der Waals surface area (Å²) >= 11 is 0. The Morgan fingerprint density at radius 1 is 0.815 bits per heavy atom. The summed E-state index contributed by atoms with van der Waals surface area (Å²) < 4.78 is 0. The van der Waals surface area contributed by atoms with E-state index in [0.29, 0.717) is 0 Å². The number of piperidine rings is 1. The van der Waals surface area contributed by atoms with Gasteiger partial charge in [-0.15, -0.1) is 0 Å². The first-order valence-corrected chi connectivity index (χ1v) is 9.72. The number of benzene rings is 3. The molecule has 1 aliphatic heterocycles. The summed E-state index contributed by atoms with van der Waals surface area (Å²) in [6.07, 6.45) is 1.01. The fraction of sp³-hybridized carbons (Fsp3) is 0.240. The van der Waals surface area contributed by atoms with Gasteiger partial charge in [0.05, 0.1) is 0 Å². The van der Waals surface area contributed by atoms with E-state index in [4.69, 9.17) is 0 Å². The van der Waals surface area contributed by atoms with Gasteiger partial charge in [0.1, 0.15) is 0 Å². The van der Waals surface area contributed by atoms with Gasteiger partial charge in [-0.3, -0.25) is 9.69 Å². The van der Waals surface area contributed by atoms with Crippen LogP contribution in [0.4, 0.5) is 0 Å². The van der Waals surface area contributed by atoms with Crippen molar-refractivity contribution in [3.8, 4) is 0 Å². The van der Waals surface area contributed by atoms with Crippen molar-refractivity contribution in [2.75, 3.05) is 13.1 Å². The Balaban J connectivity index is 1.59. The minimum atomic E-state index is -0.00716. The summed E-state index contributed by atoms with van der Waals surface area (Å²) in [5.74, 6) is 0.542. The van der Waals surface area contributed by atoms with Crippen molar-refractivity contribution in [2.24, 2.45) is 5.92 Å². The van der Waals surface area contributed by atoms with Crippen LogP contribution in [0.2, 0.25) is 0 Å². The summed E-state index contributed by atoms with van der Waals surface area (Å²) in [6, 6.07) is 30.8. The second kappa shape index (κ2) is 8.32. The number of carbonyl (C=O) groups excluding carboxylic acids is 1. The van der Waals surface area contributed by atoms with Crippen molar-refractivity contribution in [3.05, 3.63) is 108 Å². The first-order valence-electron chi connectivity index (χ1n) is 9.72. The number of hydrogen-bond acceptors (Lipinski definition) is 2. The summed E-state index contributed by atoms with van der Waals surface area (Å²) in [7, 11) is 0. The van der Waals surface area contributed by atoms with Crippen LogP contribution in [0, 0.1) is 5.92 Å². The van der Waals surface area contributed by atoms with Gasteiger partial charge in [0, 0.05) is 24.6 Å². The molecular formula is C25H25NO. The monoisotopic (exact) mass is 355 g/mol. The van der Waals surface area contributed by atoms with E-state index in [9.17, 15) is 4.79 Å². The molecule has 1 heterocycles. The predicted molar refractivity (Wildman–Crippen MR) is 110 cm³/mol. The minimum Gasteiger partial charge on any atom is -0.298 e. The molecule has 1 saturated heterocycles. The van der Waals surface area contributed by atoms with Gasteiger partial charge >= 0.3 is 0 Å².